The lowest BCUT2D eigenvalue weighted by atomic mass is 10.3. The van der Waals surface area contributed by atoms with Crippen molar-refractivity contribution < 1.29 is 9.59 Å². The lowest BCUT2D eigenvalue weighted by Crippen LogP contribution is -2.31. The van der Waals surface area contributed by atoms with Crippen molar-refractivity contribution in [3.63, 3.8) is 0 Å². The number of likely N-dealkylation sites (N-methyl/N-ethyl adjacent to an activating group) is 1. The van der Waals surface area contributed by atoms with Gasteiger partial charge in [-0.25, -0.2) is 4.79 Å². The highest BCUT2D eigenvalue weighted by molar-refractivity contribution is 7.18. The average Bonchev–Trinajstić information content (AvgIpc) is 3.00. The van der Waals surface area contributed by atoms with Crippen LogP contribution in [-0.4, -0.2) is 31.6 Å². The zero-order valence-corrected chi connectivity index (χ0v) is 14.9. The number of rotatable bonds is 7. The van der Waals surface area contributed by atoms with Gasteiger partial charge in [-0.1, -0.05) is 25.1 Å². The molecule has 8 heteroatoms. The molecule has 3 amide bonds. The fourth-order valence-corrected chi connectivity index (χ4v) is 2.67. The number of halogens is 1. The average molecular weight is 369 g/mol. The second-order valence-corrected chi connectivity index (χ2v) is 5.80. The summed E-state index contributed by atoms with van der Waals surface area (Å²) in [7, 11) is 0. The van der Waals surface area contributed by atoms with Crippen molar-refractivity contribution in [3.8, 4) is 0 Å². The third-order valence-corrected chi connectivity index (χ3v) is 3.93. The Morgan fingerprint density at radius 2 is 1.75 bits per heavy atom. The van der Waals surface area contributed by atoms with E-state index in [1.54, 1.807) is 24.3 Å². The van der Waals surface area contributed by atoms with Gasteiger partial charge in [0.2, 0.25) is 0 Å². The molecule has 0 bridgehead atoms. The first-order valence-corrected chi connectivity index (χ1v) is 8.22. The summed E-state index contributed by atoms with van der Waals surface area (Å²) in [5.74, 6) is -0.135. The minimum Gasteiger partial charge on any atom is -0.350 e. The molecule has 4 N–H and O–H groups in total. The molecular weight excluding hydrogens is 348 g/mol. The predicted molar refractivity (Wildman–Crippen MR) is 102 cm³/mol. The Morgan fingerprint density at radius 3 is 2.46 bits per heavy atom. The Labute approximate surface area is 151 Å². The molecular formula is C16H21ClN4O2S. The van der Waals surface area contributed by atoms with Gasteiger partial charge in [0, 0.05) is 18.8 Å². The van der Waals surface area contributed by atoms with Gasteiger partial charge in [0.25, 0.3) is 5.91 Å². The summed E-state index contributed by atoms with van der Waals surface area (Å²) in [5.41, 5.74) is 0.711. The molecule has 0 saturated carbocycles. The van der Waals surface area contributed by atoms with Gasteiger partial charge in [0.1, 0.15) is 0 Å². The molecule has 0 aliphatic carbocycles. The van der Waals surface area contributed by atoms with Crippen molar-refractivity contribution in [3.05, 3.63) is 47.3 Å². The Morgan fingerprint density at radius 1 is 1.00 bits per heavy atom. The van der Waals surface area contributed by atoms with Crippen molar-refractivity contribution in [2.45, 2.75) is 6.92 Å². The molecule has 0 saturated heterocycles. The van der Waals surface area contributed by atoms with E-state index in [2.05, 4.69) is 21.3 Å². The molecule has 0 spiro atoms. The van der Waals surface area contributed by atoms with E-state index in [0.29, 0.717) is 22.1 Å². The fourth-order valence-electron chi connectivity index (χ4n) is 1.85. The number of nitrogens with one attached hydrogen (secondary N) is 4. The van der Waals surface area contributed by atoms with Crippen molar-refractivity contribution >= 4 is 46.4 Å². The molecule has 130 valence electrons. The van der Waals surface area contributed by atoms with E-state index in [1.165, 1.54) is 11.3 Å². The largest absolute Gasteiger partial charge is 0.350 e. The zero-order chi connectivity index (χ0) is 16.5. The van der Waals surface area contributed by atoms with Crippen LogP contribution in [0.5, 0.6) is 0 Å². The van der Waals surface area contributed by atoms with Gasteiger partial charge in [0.05, 0.1) is 9.88 Å². The summed E-state index contributed by atoms with van der Waals surface area (Å²) in [4.78, 5) is 24.4. The predicted octanol–water partition coefficient (Wildman–Crippen LogP) is 3.15. The molecule has 2 rings (SSSR count). The van der Waals surface area contributed by atoms with Crippen LogP contribution < -0.4 is 21.3 Å². The quantitative estimate of drug-likeness (QED) is 0.566. The molecule has 0 aliphatic rings. The van der Waals surface area contributed by atoms with Gasteiger partial charge in [-0.05, 0) is 30.8 Å². The monoisotopic (exact) mass is 368 g/mol. The van der Waals surface area contributed by atoms with E-state index in [-0.39, 0.29) is 24.3 Å². The van der Waals surface area contributed by atoms with Gasteiger partial charge in [-0.3, -0.25) is 10.1 Å². The summed E-state index contributed by atoms with van der Waals surface area (Å²) in [6.07, 6.45) is 0. The van der Waals surface area contributed by atoms with E-state index in [1.807, 2.05) is 25.1 Å². The van der Waals surface area contributed by atoms with Gasteiger partial charge < -0.3 is 16.0 Å². The Kier molecular flexibility index (Phi) is 8.85. The van der Waals surface area contributed by atoms with Crippen LogP contribution in [-0.2, 0) is 0 Å². The minimum atomic E-state index is -0.336. The third-order valence-electron chi connectivity index (χ3n) is 2.94. The van der Waals surface area contributed by atoms with Crippen LogP contribution in [0.3, 0.4) is 0 Å². The molecule has 6 nitrogen and oxygen atoms in total. The molecule has 0 unspecified atom stereocenters. The molecule has 2 aromatic rings. The van der Waals surface area contributed by atoms with Gasteiger partial charge in [-0.15, -0.1) is 23.7 Å². The SMILES string of the molecule is CCNCCNC(=O)c1ccc(NC(=O)Nc2ccccc2)s1.Cl. The van der Waals surface area contributed by atoms with Crippen LogP contribution >= 0.6 is 23.7 Å². The molecule has 24 heavy (non-hydrogen) atoms. The molecule has 1 aromatic carbocycles. The third kappa shape index (κ3) is 6.57. The maximum absolute atomic E-state index is 11.9. The topological polar surface area (TPSA) is 82.3 Å². The van der Waals surface area contributed by atoms with Crippen LogP contribution in [0.1, 0.15) is 16.6 Å². The maximum Gasteiger partial charge on any atom is 0.324 e. The van der Waals surface area contributed by atoms with E-state index < -0.39 is 0 Å². The normalized spacial score (nSPS) is 9.71. The Bertz CT molecular complexity index is 649. The molecule has 0 radical (unpaired) electrons. The van der Waals surface area contributed by atoms with Gasteiger partial charge in [0.15, 0.2) is 0 Å². The second kappa shape index (κ2) is 10.6. The highest BCUT2D eigenvalue weighted by atomic mass is 35.5. The number of urea groups is 1. The molecule has 0 atom stereocenters. The van der Waals surface area contributed by atoms with Crippen molar-refractivity contribution in [1.82, 2.24) is 10.6 Å². The minimum absolute atomic E-state index is 0. The summed E-state index contributed by atoms with van der Waals surface area (Å²) in [6.45, 7) is 4.19. The van der Waals surface area contributed by atoms with Crippen LogP contribution in [0.4, 0.5) is 15.5 Å². The number of para-hydroxylation sites is 1. The summed E-state index contributed by atoms with van der Waals surface area (Å²) in [6, 6.07) is 12.3. The summed E-state index contributed by atoms with van der Waals surface area (Å²) in [5, 5.41) is 12.0. The van der Waals surface area contributed by atoms with Crippen LogP contribution in [0.15, 0.2) is 42.5 Å². The van der Waals surface area contributed by atoms with E-state index in [9.17, 15) is 9.59 Å². The lowest BCUT2D eigenvalue weighted by molar-refractivity contribution is 0.0958. The van der Waals surface area contributed by atoms with Gasteiger partial charge in [-0.2, -0.15) is 0 Å². The first-order valence-electron chi connectivity index (χ1n) is 7.41. The van der Waals surface area contributed by atoms with Crippen LogP contribution in [0, 0.1) is 0 Å². The lowest BCUT2D eigenvalue weighted by Gasteiger charge is -2.05. The number of benzene rings is 1. The number of thiophene rings is 1. The first kappa shape index (κ1) is 20.0. The van der Waals surface area contributed by atoms with E-state index >= 15 is 0 Å². The first-order chi connectivity index (χ1) is 11.2. The van der Waals surface area contributed by atoms with Crippen LogP contribution in [0.25, 0.3) is 0 Å². The number of hydrogen-bond donors (Lipinski definition) is 4. The molecule has 0 aliphatic heterocycles. The van der Waals surface area contributed by atoms with Crippen LogP contribution in [0.2, 0.25) is 0 Å². The number of carbonyl (C=O) groups is 2. The van der Waals surface area contributed by atoms with Crippen molar-refractivity contribution in [2.75, 3.05) is 30.3 Å². The molecule has 1 heterocycles. The van der Waals surface area contributed by atoms with Gasteiger partial charge >= 0.3 is 6.03 Å². The number of amides is 3. The second-order valence-electron chi connectivity index (χ2n) is 4.72. The van der Waals surface area contributed by atoms with E-state index in [4.69, 9.17) is 0 Å². The van der Waals surface area contributed by atoms with Crippen molar-refractivity contribution in [2.24, 2.45) is 0 Å². The summed E-state index contributed by atoms with van der Waals surface area (Å²) >= 11 is 1.24. The highest BCUT2D eigenvalue weighted by Gasteiger charge is 2.10. The smallest absolute Gasteiger partial charge is 0.324 e. The number of anilines is 2. The summed E-state index contributed by atoms with van der Waals surface area (Å²) < 4.78 is 0. The van der Waals surface area contributed by atoms with Crippen molar-refractivity contribution in [1.29, 1.82) is 0 Å². The number of hydrogen-bond acceptors (Lipinski definition) is 4. The standard InChI is InChI=1S/C16H20N4O2S.ClH/c1-2-17-10-11-18-15(21)13-8-9-14(23-13)20-16(22)19-12-6-4-3-5-7-12;/h3-9,17H,2,10-11H2,1H3,(H,18,21)(H2,19,20,22);1H. The molecule has 0 fully saturated rings. The fraction of sp³-hybridized carbons (Fsp3) is 0.250. The Balaban J connectivity index is 0.00000288. The highest BCUT2D eigenvalue weighted by Crippen LogP contribution is 2.22. The number of carbonyl (C=O) groups excluding carboxylic acids is 2. The maximum atomic E-state index is 11.9. The zero-order valence-electron chi connectivity index (χ0n) is 13.3. The Hall–Kier alpha value is -2.09. The molecule has 1 aromatic heterocycles. The van der Waals surface area contributed by atoms with E-state index in [0.717, 1.165) is 13.1 Å².